The SMILES string of the molecule is NC(=O)C(CC1CC1)C(CCCC(F)(F)F)C(=O)NC1N=C(c2ccccc2)c2cccc(F)c2N(COP(=O)(O)O)C1=O. The molecule has 2 aliphatic rings. The van der Waals surface area contributed by atoms with E-state index in [1.807, 2.05) is 0 Å². The molecule has 0 aromatic heterocycles. The number of primary amides is 1. The summed E-state index contributed by atoms with van der Waals surface area (Å²) >= 11 is 0. The minimum Gasteiger partial charge on any atom is -0.369 e. The topological polar surface area (TPSA) is 172 Å². The maximum atomic E-state index is 15.3. The third-order valence-electron chi connectivity index (χ3n) is 7.40. The van der Waals surface area contributed by atoms with Gasteiger partial charge in [-0.15, -0.1) is 0 Å². The summed E-state index contributed by atoms with van der Waals surface area (Å²) in [6.07, 6.45) is -6.74. The number of carbonyl (C=O) groups is 3. The van der Waals surface area contributed by atoms with E-state index in [0.29, 0.717) is 10.5 Å². The van der Waals surface area contributed by atoms with Crippen LogP contribution in [0.3, 0.4) is 0 Å². The minimum absolute atomic E-state index is 0.0236. The van der Waals surface area contributed by atoms with Crippen LogP contribution in [0.1, 0.15) is 49.7 Å². The van der Waals surface area contributed by atoms with Crippen LogP contribution in [0.15, 0.2) is 53.5 Å². The molecule has 1 heterocycles. The van der Waals surface area contributed by atoms with Crippen LogP contribution in [0.25, 0.3) is 0 Å². The number of nitrogens with one attached hydrogen (secondary N) is 1. The molecule has 3 atom stereocenters. The van der Waals surface area contributed by atoms with Crippen molar-refractivity contribution in [3.8, 4) is 0 Å². The highest BCUT2D eigenvalue weighted by Gasteiger charge is 2.41. The number of phosphoric ester groups is 1. The van der Waals surface area contributed by atoms with Crippen LogP contribution >= 0.6 is 7.82 Å². The lowest BCUT2D eigenvalue weighted by Crippen LogP contribution is -2.51. The normalized spacial score (nSPS) is 18.6. The van der Waals surface area contributed by atoms with Gasteiger partial charge >= 0.3 is 14.0 Å². The standard InChI is InChI=1S/C28H31F4N4O7P/c29-21-10-4-8-19-22(17-6-2-1-3-7-17)34-25(27(39)36(23(19)21)15-43-44(40,41)42)35-26(38)18(9-5-13-28(30,31)32)20(24(33)37)14-16-11-12-16/h1-4,6-8,10,16,18,20,25H,5,9,11-15H2,(H2,33,37)(H,35,38)(H2,40,41,42). The van der Waals surface area contributed by atoms with Gasteiger partial charge in [-0.3, -0.25) is 23.8 Å². The fraction of sp³-hybridized carbons (Fsp3) is 0.429. The second kappa shape index (κ2) is 13.6. The molecule has 0 saturated heterocycles. The van der Waals surface area contributed by atoms with Crippen LogP contribution in [-0.2, 0) is 23.5 Å². The van der Waals surface area contributed by atoms with Crippen molar-refractivity contribution in [2.75, 3.05) is 11.6 Å². The number of phosphoric acid groups is 1. The molecule has 3 unspecified atom stereocenters. The average Bonchev–Trinajstić information content (AvgIpc) is 3.77. The number of fused-ring (bicyclic) bond motifs is 1. The molecule has 0 spiro atoms. The van der Waals surface area contributed by atoms with E-state index < -0.39 is 80.8 Å². The van der Waals surface area contributed by atoms with Crippen molar-refractivity contribution in [3.05, 3.63) is 65.5 Å². The summed E-state index contributed by atoms with van der Waals surface area (Å²) < 4.78 is 70.3. The number of alkyl halides is 3. The van der Waals surface area contributed by atoms with Gasteiger partial charge < -0.3 is 20.8 Å². The van der Waals surface area contributed by atoms with Crippen molar-refractivity contribution < 1.29 is 50.8 Å². The van der Waals surface area contributed by atoms with E-state index in [9.17, 15) is 41.9 Å². The molecule has 1 fully saturated rings. The summed E-state index contributed by atoms with van der Waals surface area (Å²) in [6, 6.07) is 11.9. The van der Waals surface area contributed by atoms with Crippen molar-refractivity contribution in [1.82, 2.24) is 5.32 Å². The first-order valence-electron chi connectivity index (χ1n) is 13.7. The summed E-state index contributed by atoms with van der Waals surface area (Å²) in [5.41, 5.74) is 5.59. The quantitative estimate of drug-likeness (QED) is 0.190. The molecule has 5 N–H and O–H groups in total. The molecular formula is C28H31F4N4O7P. The zero-order valence-electron chi connectivity index (χ0n) is 23.2. The summed E-state index contributed by atoms with van der Waals surface area (Å²) in [6.45, 7) is -1.14. The van der Waals surface area contributed by atoms with E-state index in [-0.39, 0.29) is 30.0 Å². The number of carbonyl (C=O) groups excluding carboxylic acids is 3. The molecule has 16 heteroatoms. The van der Waals surface area contributed by atoms with Crippen LogP contribution in [0, 0.1) is 23.6 Å². The molecule has 1 aliphatic carbocycles. The molecule has 4 rings (SSSR count). The largest absolute Gasteiger partial charge is 0.471 e. The van der Waals surface area contributed by atoms with Crippen molar-refractivity contribution in [2.24, 2.45) is 28.5 Å². The Morgan fingerprint density at radius 1 is 1.11 bits per heavy atom. The number of halogens is 4. The van der Waals surface area contributed by atoms with E-state index >= 15 is 4.39 Å². The highest BCUT2D eigenvalue weighted by molar-refractivity contribution is 7.46. The number of aliphatic imine (C=N–C) groups is 1. The van der Waals surface area contributed by atoms with E-state index in [1.165, 1.54) is 12.1 Å². The number of benzodiazepines with no additional fused rings is 1. The lowest BCUT2D eigenvalue weighted by atomic mass is 9.82. The van der Waals surface area contributed by atoms with Crippen LogP contribution < -0.4 is 16.0 Å². The van der Waals surface area contributed by atoms with Gasteiger partial charge in [0, 0.05) is 29.4 Å². The number of rotatable bonds is 13. The molecule has 1 aliphatic heterocycles. The predicted octanol–water partition coefficient (Wildman–Crippen LogP) is 3.77. The lowest BCUT2D eigenvalue weighted by molar-refractivity contribution is -0.140. The van der Waals surface area contributed by atoms with Crippen LogP contribution in [-0.4, -0.2) is 52.3 Å². The van der Waals surface area contributed by atoms with E-state index in [4.69, 9.17) is 5.73 Å². The first kappa shape index (κ1) is 33.2. The van der Waals surface area contributed by atoms with Crippen molar-refractivity contribution in [1.29, 1.82) is 0 Å². The Kier molecular flexibility index (Phi) is 10.2. The number of nitrogens with two attached hydrogens (primary N) is 1. The number of benzene rings is 2. The van der Waals surface area contributed by atoms with Crippen molar-refractivity contribution in [3.63, 3.8) is 0 Å². The van der Waals surface area contributed by atoms with Gasteiger partial charge in [0.1, 0.15) is 12.5 Å². The molecular weight excluding hydrogens is 611 g/mol. The summed E-state index contributed by atoms with van der Waals surface area (Å²) in [5.74, 6) is -6.38. The number of para-hydroxylation sites is 1. The average molecular weight is 643 g/mol. The molecule has 1 saturated carbocycles. The molecule has 2 aromatic rings. The smallest absolute Gasteiger partial charge is 0.369 e. The van der Waals surface area contributed by atoms with Crippen LogP contribution in [0.4, 0.5) is 23.2 Å². The Labute approximate surface area is 249 Å². The monoisotopic (exact) mass is 642 g/mol. The number of amides is 3. The first-order valence-corrected chi connectivity index (χ1v) is 15.3. The Hall–Kier alpha value is -3.65. The molecule has 11 nitrogen and oxygen atoms in total. The maximum absolute atomic E-state index is 15.3. The summed E-state index contributed by atoms with van der Waals surface area (Å²) in [5, 5.41) is 2.39. The maximum Gasteiger partial charge on any atom is 0.471 e. The van der Waals surface area contributed by atoms with Crippen LogP contribution in [0.2, 0.25) is 0 Å². The fourth-order valence-electron chi connectivity index (χ4n) is 5.14. The van der Waals surface area contributed by atoms with Crippen LogP contribution in [0.5, 0.6) is 0 Å². The third-order valence-corrected chi connectivity index (χ3v) is 7.85. The number of anilines is 1. The Bertz CT molecular complexity index is 1460. The van der Waals surface area contributed by atoms with Crippen molar-refractivity contribution in [2.45, 2.75) is 50.9 Å². The predicted molar refractivity (Wildman–Crippen MR) is 149 cm³/mol. The number of hydrogen-bond acceptors (Lipinski definition) is 6. The third kappa shape index (κ3) is 8.72. The highest BCUT2D eigenvalue weighted by Crippen LogP contribution is 2.40. The second-order valence-corrected chi connectivity index (χ2v) is 11.9. The Balaban J connectivity index is 1.75. The summed E-state index contributed by atoms with van der Waals surface area (Å²) in [7, 11) is -5.18. The van der Waals surface area contributed by atoms with Gasteiger partial charge in [-0.05, 0) is 31.2 Å². The highest BCUT2D eigenvalue weighted by atomic mass is 31.2. The fourth-order valence-corrected chi connectivity index (χ4v) is 5.41. The Morgan fingerprint density at radius 2 is 1.80 bits per heavy atom. The number of nitrogens with zero attached hydrogens (tertiary/aromatic N) is 2. The molecule has 2 aromatic carbocycles. The van der Waals surface area contributed by atoms with Gasteiger partial charge in [0.25, 0.3) is 5.91 Å². The van der Waals surface area contributed by atoms with Gasteiger partial charge in [0.2, 0.25) is 18.0 Å². The molecule has 238 valence electrons. The molecule has 3 amide bonds. The van der Waals surface area contributed by atoms with Gasteiger partial charge in [-0.1, -0.05) is 55.3 Å². The van der Waals surface area contributed by atoms with Gasteiger partial charge in [0.05, 0.1) is 11.4 Å². The molecule has 44 heavy (non-hydrogen) atoms. The van der Waals surface area contributed by atoms with Gasteiger partial charge in [-0.2, -0.15) is 13.2 Å². The van der Waals surface area contributed by atoms with Crippen molar-refractivity contribution >= 4 is 36.9 Å². The lowest BCUT2D eigenvalue weighted by Gasteiger charge is -2.28. The number of hydrogen-bond donors (Lipinski definition) is 4. The van der Waals surface area contributed by atoms with Gasteiger partial charge in [0.15, 0.2) is 0 Å². The zero-order chi connectivity index (χ0) is 32.2. The van der Waals surface area contributed by atoms with Gasteiger partial charge in [-0.25, -0.2) is 13.9 Å². The Morgan fingerprint density at radius 3 is 2.39 bits per heavy atom. The zero-order valence-corrected chi connectivity index (χ0v) is 24.1. The summed E-state index contributed by atoms with van der Waals surface area (Å²) in [4.78, 5) is 63.5. The minimum atomic E-state index is -5.18. The second-order valence-electron chi connectivity index (χ2n) is 10.7. The van der Waals surface area contributed by atoms with E-state index in [1.54, 1.807) is 30.3 Å². The molecule has 0 bridgehead atoms. The first-order chi connectivity index (χ1) is 20.6. The van der Waals surface area contributed by atoms with E-state index in [0.717, 1.165) is 18.9 Å². The van der Waals surface area contributed by atoms with E-state index in [2.05, 4.69) is 14.8 Å². The molecule has 0 radical (unpaired) electrons.